The molecular weight excluding hydrogens is 328 g/mol. The second-order valence-electron chi connectivity index (χ2n) is 6.93. The van der Waals surface area contributed by atoms with Crippen molar-refractivity contribution >= 4 is 5.91 Å². The number of nitrogens with zero attached hydrogens (tertiary/aromatic N) is 4. The highest BCUT2D eigenvalue weighted by atomic mass is 16.5. The number of amides is 1. The van der Waals surface area contributed by atoms with Gasteiger partial charge < -0.3 is 9.64 Å². The van der Waals surface area contributed by atoms with Gasteiger partial charge in [-0.2, -0.15) is 0 Å². The summed E-state index contributed by atoms with van der Waals surface area (Å²) in [5.41, 5.74) is 2.02. The molecule has 2 aromatic heterocycles. The van der Waals surface area contributed by atoms with Crippen molar-refractivity contribution in [2.45, 2.75) is 31.5 Å². The number of carbonyl (C=O) groups is 1. The summed E-state index contributed by atoms with van der Waals surface area (Å²) in [5, 5.41) is 0. The lowest BCUT2D eigenvalue weighted by molar-refractivity contribution is -0.142. The minimum absolute atomic E-state index is 0.147. The lowest BCUT2D eigenvalue weighted by Gasteiger charge is -2.47. The number of fused-ring (bicyclic) bond motifs is 1. The van der Waals surface area contributed by atoms with Crippen LogP contribution in [0, 0.1) is 0 Å². The number of ether oxygens (including phenoxy) is 1. The highest BCUT2D eigenvalue weighted by molar-refractivity contribution is 5.78. The molecule has 0 unspecified atom stereocenters. The summed E-state index contributed by atoms with van der Waals surface area (Å²) in [5.74, 6) is 0.147. The van der Waals surface area contributed by atoms with Crippen LogP contribution in [0.4, 0.5) is 0 Å². The summed E-state index contributed by atoms with van der Waals surface area (Å²) < 4.78 is 5.99. The van der Waals surface area contributed by atoms with E-state index < -0.39 is 0 Å². The minimum atomic E-state index is 0.147. The number of piperidine rings is 1. The van der Waals surface area contributed by atoms with Crippen LogP contribution in [0.2, 0.25) is 0 Å². The van der Waals surface area contributed by atoms with Gasteiger partial charge >= 0.3 is 0 Å². The summed E-state index contributed by atoms with van der Waals surface area (Å²) in [7, 11) is 0. The maximum absolute atomic E-state index is 12.7. The first-order chi connectivity index (χ1) is 12.8. The zero-order chi connectivity index (χ0) is 17.8. The van der Waals surface area contributed by atoms with Gasteiger partial charge in [-0.3, -0.25) is 19.7 Å². The Morgan fingerprint density at radius 3 is 2.96 bits per heavy atom. The Morgan fingerprint density at radius 2 is 2.15 bits per heavy atom. The number of pyridine rings is 2. The Morgan fingerprint density at radius 1 is 1.19 bits per heavy atom. The van der Waals surface area contributed by atoms with Gasteiger partial charge in [-0.1, -0.05) is 12.1 Å². The van der Waals surface area contributed by atoms with Crippen LogP contribution in [-0.4, -0.2) is 64.1 Å². The van der Waals surface area contributed by atoms with Crippen molar-refractivity contribution < 1.29 is 9.53 Å². The topological polar surface area (TPSA) is 58.6 Å². The number of aromatic nitrogens is 2. The van der Waals surface area contributed by atoms with Crippen molar-refractivity contribution in [3.63, 3.8) is 0 Å². The lowest BCUT2D eigenvalue weighted by atomic mass is 9.97. The molecule has 0 N–H and O–H groups in total. The van der Waals surface area contributed by atoms with Crippen LogP contribution in [0.5, 0.6) is 0 Å². The van der Waals surface area contributed by atoms with Gasteiger partial charge in [0.15, 0.2) is 0 Å². The Balaban J connectivity index is 1.42. The van der Waals surface area contributed by atoms with E-state index in [1.807, 2.05) is 35.4 Å². The molecule has 4 heterocycles. The Kier molecular flexibility index (Phi) is 5.22. The molecule has 2 aliphatic heterocycles. The highest BCUT2D eigenvalue weighted by Crippen LogP contribution is 2.25. The van der Waals surface area contributed by atoms with Crippen LogP contribution in [0.1, 0.15) is 17.7 Å². The van der Waals surface area contributed by atoms with E-state index in [1.54, 1.807) is 12.4 Å². The third kappa shape index (κ3) is 3.92. The number of likely N-dealkylation sites (tertiary alicyclic amines) is 1. The molecule has 2 aliphatic rings. The zero-order valence-electron chi connectivity index (χ0n) is 14.8. The number of hydrogen-bond donors (Lipinski definition) is 0. The summed E-state index contributed by atoms with van der Waals surface area (Å²) >= 11 is 0. The molecule has 0 saturated carbocycles. The molecule has 2 saturated heterocycles. The van der Waals surface area contributed by atoms with Crippen LogP contribution < -0.4 is 0 Å². The molecule has 0 bridgehead atoms. The van der Waals surface area contributed by atoms with Crippen LogP contribution in [0.15, 0.2) is 48.9 Å². The second kappa shape index (κ2) is 7.93. The molecule has 0 radical (unpaired) electrons. The van der Waals surface area contributed by atoms with Crippen molar-refractivity contribution in [1.29, 1.82) is 0 Å². The fourth-order valence-electron chi connectivity index (χ4n) is 3.86. The van der Waals surface area contributed by atoms with Gasteiger partial charge in [-0.25, -0.2) is 0 Å². The monoisotopic (exact) mass is 352 g/mol. The van der Waals surface area contributed by atoms with E-state index in [4.69, 9.17) is 4.74 Å². The summed E-state index contributed by atoms with van der Waals surface area (Å²) in [4.78, 5) is 25.6. The van der Waals surface area contributed by atoms with Gasteiger partial charge in [0.25, 0.3) is 0 Å². The van der Waals surface area contributed by atoms with Gasteiger partial charge in [0.1, 0.15) is 0 Å². The molecule has 0 aliphatic carbocycles. The van der Waals surface area contributed by atoms with E-state index in [2.05, 4.69) is 20.9 Å². The summed E-state index contributed by atoms with van der Waals surface area (Å²) in [6.07, 6.45) is 6.91. The molecule has 0 spiro atoms. The standard InChI is InChI=1S/C20H24N4O2/c25-20(12-17-5-1-2-8-22-17)24-9-6-19-18(15-24)23(10-11-26-19)14-16-4-3-7-21-13-16/h1-5,7-8,13,18-19H,6,9-12,14-15H2/t18-,19-/m0/s1. The first-order valence-electron chi connectivity index (χ1n) is 9.22. The first kappa shape index (κ1) is 17.1. The molecule has 136 valence electrons. The zero-order valence-corrected chi connectivity index (χ0v) is 14.8. The Bertz CT molecular complexity index is 725. The van der Waals surface area contributed by atoms with Crippen molar-refractivity contribution in [3.05, 3.63) is 60.2 Å². The van der Waals surface area contributed by atoms with E-state index in [9.17, 15) is 4.79 Å². The van der Waals surface area contributed by atoms with Crippen molar-refractivity contribution in [2.75, 3.05) is 26.2 Å². The third-order valence-corrected chi connectivity index (χ3v) is 5.22. The molecule has 4 rings (SSSR count). The fraction of sp³-hybridized carbons (Fsp3) is 0.450. The predicted octanol–water partition coefficient (Wildman–Crippen LogP) is 1.52. The van der Waals surface area contributed by atoms with E-state index in [-0.39, 0.29) is 18.1 Å². The molecule has 0 aromatic carbocycles. The van der Waals surface area contributed by atoms with Crippen LogP contribution in [0.3, 0.4) is 0 Å². The average molecular weight is 352 g/mol. The van der Waals surface area contributed by atoms with Crippen molar-refractivity contribution in [1.82, 2.24) is 19.8 Å². The van der Waals surface area contributed by atoms with Crippen molar-refractivity contribution in [2.24, 2.45) is 0 Å². The smallest absolute Gasteiger partial charge is 0.228 e. The first-order valence-corrected chi connectivity index (χ1v) is 9.22. The summed E-state index contributed by atoms with van der Waals surface area (Å²) in [6.45, 7) is 3.96. The number of carbonyl (C=O) groups excluding carboxylic acids is 1. The molecule has 1 amide bonds. The van der Waals surface area contributed by atoms with Gasteiger partial charge in [-0.05, 0) is 30.2 Å². The van der Waals surface area contributed by atoms with E-state index in [0.29, 0.717) is 6.42 Å². The van der Waals surface area contributed by atoms with E-state index >= 15 is 0 Å². The normalized spacial score (nSPS) is 23.5. The quantitative estimate of drug-likeness (QED) is 0.835. The second-order valence-corrected chi connectivity index (χ2v) is 6.93. The van der Waals surface area contributed by atoms with Crippen LogP contribution >= 0.6 is 0 Å². The van der Waals surface area contributed by atoms with Crippen LogP contribution in [-0.2, 0) is 22.5 Å². The summed E-state index contributed by atoms with van der Waals surface area (Å²) in [6, 6.07) is 10.0. The molecule has 6 nitrogen and oxygen atoms in total. The maximum Gasteiger partial charge on any atom is 0.228 e. The Labute approximate surface area is 153 Å². The molecule has 2 fully saturated rings. The molecular formula is C20H24N4O2. The van der Waals surface area contributed by atoms with Gasteiger partial charge in [0, 0.05) is 50.5 Å². The Hall–Kier alpha value is -2.31. The molecule has 6 heteroatoms. The number of rotatable bonds is 4. The number of morpholine rings is 1. The van der Waals surface area contributed by atoms with E-state index in [0.717, 1.165) is 44.9 Å². The van der Waals surface area contributed by atoms with Crippen molar-refractivity contribution in [3.8, 4) is 0 Å². The lowest BCUT2D eigenvalue weighted by Crippen LogP contribution is -2.60. The van der Waals surface area contributed by atoms with Crippen LogP contribution in [0.25, 0.3) is 0 Å². The molecule has 26 heavy (non-hydrogen) atoms. The van der Waals surface area contributed by atoms with E-state index in [1.165, 1.54) is 5.56 Å². The number of hydrogen-bond acceptors (Lipinski definition) is 5. The SMILES string of the molecule is O=C(Cc1ccccn1)N1CC[C@@H]2OCCN(Cc3cccnc3)[C@H]2C1. The highest BCUT2D eigenvalue weighted by Gasteiger charge is 2.38. The van der Waals surface area contributed by atoms with Gasteiger partial charge in [-0.15, -0.1) is 0 Å². The largest absolute Gasteiger partial charge is 0.375 e. The fourth-order valence-corrected chi connectivity index (χ4v) is 3.86. The predicted molar refractivity (Wildman–Crippen MR) is 97.3 cm³/mol. The maximum atomic E-state index is 12.7. The van der Waals surface area contributed by atoms with Gasteiger partial charge in [0.05, 0.1) is 25.2 Å². The minimum Gasteiger partial charge on any atom is -0.375 e. The molecule has 2 aromatic rings. The third-order valence-electron chi connectivity index (χ3n) is 5.22. The average Bonchev–Trinajstić information content (AvgIpc) is 2.69. The van der Waals surface area contributed by atoms with Gasteiger partial charge in [0.2, 0.25) is 5.91 Å². The molecule has 2 atom stereocenters.